The van der Waals surface area contributed by atoms with E-state index in [1.807, 2.05) is 30.3 Å². The van der Waals surface area contributed by atoms with Crippen LogP contribution in [-0.4, -0.2) is 9.97 Å². The van der Waals surface area contributed by atoms with E-state index in [-0.39, 0.29) is 5.41 Å². The van der Waals surface area contributed by atoms with Crippen LogP contribution in [0, 0.1) is 0 Å². The Morgan fingerprint density at radius 2 is 1.33 bits per heavy atom. The topological polar surface area (TPSA) is 25.8 Å². The molecule has 0 amide bonds. The summed E-state index contributed by atoms with van der Waals surface area (Å²) in [6.07, 6.45) is 0.825. The normalized spacial score (nSPS) is 11.8. The van der Waals surface area contributed by atoms with Gasteiger partial charge in [-0.3, -0.25) is 0 Å². The second-order valence-corrected chi connectivity index (χ2v) is 6.42. The van der Waals surface area contributed by atoms with E-state index in [1.54, 1.807) is 0 Å². The summed E-state index contributed by atoms with van der Waals surface area (Å²) in [5, 5.41) is 0. The van der Waals surface area contributed by atoms with Crippen molar-refractivity contribution in [3.8, 4) is 0 Å². The predicted octanol–water partition coefficient (Wildman–Crippen LogP) is 4.52. The molecule has 2 aromatic carbocycles. The average Bonchev–Trinajstić information content (AvgIpc) is 2.46. The molecule has 0 N–H and O–H groups in total. The summed E-state index contributed by atoms with van der Waals surface area (Å²) in [6, 6.07) is 18.6. The number of benzene rings is 2. The largest absolute Gasteiger partial charge is 0.249 e. The maximum Gasteiger partial charge on any atom is 0.0890 e. The summed E-state index contributed by atoms with van der Waals surface area (Å²) < 4.78 is 0. The molecule has 0 aliphatic heterocycles. The third-order valence-electron chi connectivity index (χ3n) is 3.57. The smallest absolute Gasteiger partial charge is 0.0890 e. The van der Waals surface area contributed by atoms with E-state index in [9.17, 15) is 0 Å². The van der Waals surface area contributed by atoms with Crippen LogP contribution in [0.1, 0.15) is 37.7 Å². The minimum atomic E-state index is -0.0128. The lowest BCUT2D eigenvalue weighted by molar-refractivity contribution is 0.560. The summed E-state index contributed by atoms with van der Waals surface area (Å²) in [7, 11) is 0. The molecule has 0 aliphatic carbocycles. The molecule has 0 bridgehead atoms. The Labute approximate surface area is 125 Å². The van der Waals surface area contributed by atoms with Crippen molar-refractivity contribution in [2.45, 2.75) is 32.6 Å². The molecular weight excluding hydrogens is 256 g/mol. The van der Waals surface area contributed by atoms with Gasteiger partial charge in [0.25, 0.3) is 0 Å². The van der Waals surface area contributed by atoms with Gasteiger partial charge in [0.15, 0.2) is 0 Å². The zero-order chi connectivity index (χ0) is 14.9. The Morgan fingerprint density at radius 3 is 1.95 bits per heavy atom. The molecule has 0 saturated carbocycles. The Hall–Kier alpha value is -2.22. The van der Waals surface area contributed by atoms with E-state index in [4.69, 9.17) is 9.97 Å². The lowest BCUT2D eigenvalue weighted by Gasteiger charge is -2.21. The first-order chi connectivity index (χ1) is 10.0. The molecule has 0 fully saturated rings. The number of hydrogen-bond acceptors (Lipinski definition) is 2. The van der Waals surface area contributed by atoms with E-state index in [0.717, 1.165) is 28.8 Å². The van der Waals surface area contributed by atoms with Crippen molar-refractivity contribution in [3.63, 3.8) is 0 Å². The van der Waals surface area contributed by atoms with Crippen molar-refractivity contribution in [1.82, 2.24) is 9.97 Å². The second kappa shape index (κ2) is 5.28. The van der Waals surface area contributed by atoms with Gasteiger partial charge in [0.2, 0.25) is 0 Å². The zero-order valence-corrected chi connectivity index (χ0v) is 12.8. The van der Waals surface area contributed by atoms with Gasteiger partial charge in [-0.2, -0.15) is 0 Å². The van der Waals surface area contributed by atoms with Gasteiger partial charge in [0, 0.05) is 11.8 Å². The second-order valence-electron chi connectivity index (χ2n) is 6.42. The number of fused-ring (bicyclic) bond motifs is 1. The Bertz CT molecular complexity index is 755. The lowest BCUT2D eigenvalue weighted by Crippen LogP contribution is -2.18. The fourth-order valence-electron chi connectivity index (χ4n) is 2.55. The van der Waals surface area contributed by atoms with Crippen molar-refractivity contribution in [2.75, 3.05) is 0 Å². The van der Waals surface area contributed by atoms with Gasteiger partial charge in [-0.15, -0.1) is 0 Å². The van der Waals surface area contributed by atoms with Gasteiger partial charge in [-0.05, 0) is 17.7 Å². The van der Waals surface area contributed by atoms with Crippen molar-refractivity contribution in [1.29, 1.82) is 0 Å². The minimum absolute atomic E-state index is 0.0128. The van der Waals surface area contributed by atoms with Crippen LogP contribution in [0.3, 0.4) is 0 Å². The van der Waals surface area contributed by atoms with E-state index in [1.165, 1.54) is 5.56 Å². The van der Waals surface area contributed by atoms with Crippen molar-refractivity contribution >= 4 is 11.0 Å². The summed E-state index contributed by atoms with van der Waals surface area (Å²) in [6.45, 7) is 6.58. The SMILES string of the molecule is CC(C)(C)c1nc2ccccc2nc1Cc1ccccc1. The molecule has 3 rings (SSSR count). The quantitative estimate of drug-likeness (QED) is 0.688. The fraction of sp³-hybridized carbons (Fsp3) is 0.263. The van der Waals surface area contributed by atoms with Crippen LogP contribution in [-0.2, 0) is 11.8 Å². The molecule has 0 unspecified atom stereocenters. The van der Waals surface area contributed by atoms with E-state index < -0.39 is 0 Å². The Morgan fingerprint density at radius 1 is 0.762 bits per heavy atom. The van der Waals surface area contributed by atoms with E-state index in [0.29, 0.717) is 0 Å². The number of hydrogen-bond donors (Lipinski definition) is 0. The van der Waals surface area contributed by atoms with Gasteiger partial charge >= 0.3 is 0 Å². The highest BCUT2D eigenvalue weighted by atomic mass is 14.8. The first kappa shape index (κ1) is 13.7. The molecule has 0 spiro atoms. The highest BCUT2D eigenvalue weighted by Gasteiger charge is 2.21. The molecule has 3 aromatic rings. The standard InChI is InChI=1S/C19H20N2/c1-19(2,3)18-17(13-14-9-5-4-6-10-14)20-15-11-7-8-12-16(15)21-18/h4-12H,13H2,1-3H3. The van der Waals surface area contributed by atoms with Crippen molar-refractivity contribution in [3.05, 3.63) is 71.5 Å². The fourth-order valence-corrected chi connectivity index (χ4v) is 2.55. The van der Waals surface area contributed by atoms with Gasteiger partial charge in [0.05, 0.1) is 22.4 Å². The molecule has 1 heterocycles. The van der Waals surface area contributed by atoms with Crippen LogP contribution in [0.15, 0.2) is 54.6 Å². The van der Waals surface area contributed by atoms with Crippen LogP contribution in [0.5, 0.6) is 0 Å². The van der Waals surface area contributed by atoms with Crippen LogP contribution >= 0.6 is 0 Å². The third kappa shape index (κ3) is 2.94. The minimum Gasteiger partial charge on any atom is -0.249 e. The molecule has 0 atom stereocenters. The molecular formula is C19H20N2. The molecule has 21 heavy (non-hydrogen) atoms. The number of nitrogens with zero attached hydrogens (tertiary/aromatic N) is 2. The van der Waals surface area contributed by atoms with E-state index >= 15 is 0 Å². The van der Waals surface area contributed by atoms with Crippen LogP contribution < -0.4 is 0 Å². The average molecular weight is 276 g/mol. The molecule has 0 aliphatic rings. The monoisotopic (exact) mass is 276 g/mol. The van der Waals surface area contributed by atoms with Gasteiger partial charge in [0.1, 0.15) is 0 Å². The Balaban J connectivity index is 2.14. The summed E-state index contributed by atoms with van der Waals surface area (Å²) in [5.41, 5.74) is 5.36. The van der Waals surface area contributed by atoms with Gasteiger partial charge < -0.3 is 0 Å². The highest BCUT2D eigenvalue weighted by molar-refractivity contribution is 5.74. The molecule has 0 radical (unpaired) electrons. The lowest BCUT2D eigenvalue weighted by atomic mass is 9.88. The third-order valence-corrected chi connectivity index (χ3v) is 3.57. The maximum atomic E-state index is 4.88. The van der Waals surface area contributed by atoms with Crippen LogP contribution in [0.2, 0.25) is 0 Å². The van der Waals surface area contributed by atoms with Crippen LogP contribution in [0.4, 0.5) is 0 Å². The van der Waals surface area contributed by atoms with Gasteiger partial charge in [-0.1, -0.05) is 63.2 Å². The van der Waals surface area contributed by atoms with Gasteiger partial charge in [-0.25, -0.2) is 9.97 Å². The van der Waals surface area contributed by atoms with Crippen molar-refractivity contribution < 1.29 is 0 Å². The van der Waals surface area contributed by atoms with Crippen LogP contribution in [0.25, 0.3) is 11.0 Å². The van der Waals surface area contributed by atoms with Crippen molar-refractivity contribution in [2.24, 2.45) is 0 Å². The maximum absolute atomic E-state index is 4.88. The first-order valence-electron chi connectivity index (χ1n) is 7.34. The highest BCUT2D eigenvalue weighted by Crippen LogP contribution is 2.26. The predicted molar refractivity (Wildman–Crippen MR) is 87.5 cm³/mol. The Kier molecular flexibility index (Phi) is 3.46. The number of para-hydroxylation sites is 2. The summed E-state index contributed by atoms with van der Waals surface area (Å²) in [5.74, 6) is 0. The zero-order valence-electron chi connectivity index (χ0n) is 12.8. The first-order valence-corrected chi connectivity index (χ1v) is 7.34. The number of aromatic nitrogens is 2. The van der Waals surface area contributed by atoms with E-state index in [2.05, 4.69) is 45.0 Å². The number of rotatable bonds is 2. The summed E-state index contributed by atoms with van der Waals surface area (Å²) in [4.78, 5) is 9.75. The molecule has 0 saturated heterocycles. The molecule has 1 aromatic heterocycles. The summed E-state index contributed by atoms with van der Waals surface area (Å²) >= 11 is 0. The molecule has 2 nitrogen and oxygen atoms in total. The molecule has 2 heteroatoms. The molecule has 106 valence electrons.